The van der Waals surface area contributed by atoms with Gasteiger partial charge in [-0.15, -0.1) is 0 Å². The lowest BCUT2D eigenvalue weighted by Crippen LogP contribution is -2.13. The van der Waals surface area contributed by atoms with Crippen LogP contribution in [-0.4, -0.2) is 19.1 Å². The predicted octanol–water partition coefficient (Wildman–Crippen LogP) is 4.92. The molecule has 0 spiro atoms. The van der Waals surface area contributed by atoms with Crippen molar-refractivity contribution in [3.05, 3.63) is 99.6 Å². The van der Waals surface area contributed by atoms with Crippen molar-refractivity contribution in [2.24, 2.45) is 0 Å². The number of sulfonamides is 1. The third-order valence-electron chi connectivity index (χ3n) is 4.75. The first kappa shape index (κ1) is 22.2. The number of carbonyl (C=O) groups excluding carboxylic acids is 1. The second-order valence-corrected chi connectivity index (χ2v) is 9.78. The van der Waals surface area contributed by atoms with E-state index in [1.54, 1.807) is 24.3 Å². The van der Waals surface area contributed by atoms with Crippen LogP contribution in [0.5, 0.6) is 0 Å². The van der Waals surface area contributed by atoms with Crippen molar-refractivity contribution in [3.63, 3.8) is 0 Å². The summed E-state index contributed by atoms with van der Waals surface area (Å²) in [7, 11) is -3.97. The molecule has 1 N–H and O–H groups in total. The zero-order valence-electron chi connectivity index (χ0n) is 17.3. The molecule has 0 aliphatic rings. The van der Waals surface area contributed by atoms with Crippen LogP contribution in [0.1, 0.15) is 42.3 Å². The summed E-state index contributed by atoms with van der Waals surface area (Å²) in [6, 6.07) is 18.1. The molecule has 31 heavy (non-hydrogen) atoms. The highest BCUT2D eigenvalue weighted by atomic mass is 32.2. The molecule has 7 nitrogen and oxygen atoms in total. The van der Waals surface area contributed by atoms with Crippen molar-refractivity contribution in [2.45, 2.75) is 31.1 Å². The molecule has 3 aromatic rings. The highest BCUT2D eigenvalue weighted by Gasteiger charge is 2.18. The lowest BCUT2D eigenvalue weighted by Gasteiger charge is -2.19. The van der Waals surface area contributed by atoms with Crippen LogP contribution in [0, 0.1) is 10.1 Å². The summed E-state index contributed by atoms with van der Waals surface area (Å²) in [5.41, 5.74) is 1.93. The lowest BCUT2D eigenvalue weighted by molar-refractivity contribution is -0.384. The highest BCUT2D eigenvalue weighted by Crippen LogP contribution is 2.24. The quantitative estimate of drug-likeness (QED) is 0.334. The first-order valence-electron chi connectivity index (χ1n) is 9.50. The number of nitro benzene ring substituents is 1. The molecule has 0 saturated carbocycles. The molecule has 3 aromatic carbocycles. The molecule has 0 bridgehead atoms. The number of hydrogen-bond acceptors (Lipinski definition) is 5. The van der Waals surface area contributed by atoms with Crippen molar-refractivity contribution in [3.8, 4) is 0 Å². The van der Waals surface area contributed by atoms with Crippen LogP contribution in [0.15, 0.2) is 77.7 Å². The van der Waals surface area contributed by atoms with Gasteiger partial charge in [0.05, 0.1) is 9.82 Å². The highest BCUT2D eigenvalue weighted by molar-refractivity contribution is 7.92. The van der Waals surface area contributed by atoms with Gasteiger partial charge in [-0.2, -0.15) is 0 Å². The van der Waals surface area contributed by atoms with E-state index >= 15 is 0 Å². The summed E-state index contributed by atoms with van der Waals surface area (Å²) in [5, 5.41) is 10.7. The van der Waals surface area contributed by atoms with Gasteiger partial charge in [-0.05, 0) is 35.2 Å². The van der Waals surface area contributed by atoms with Crippen LogP contribution in [0.4, 0.5) is 11.4 Å². The van der Waals surface area contributed by atoms with E-state index in [4.69, 9.17) is 0 Å². The largest absolute Gasteiger partial charge is 0.289 e. The molecule has 0 aliphatic carbocycles. The summed E-state index contributed by atoms with van der Waals surface area (Å²) < 4.78 is 27.6. The number of non-ortho nitro benzene ring substituents is 1. The van der Waals surface area contributed by atoms with Crippen LogP contribution >= 0.6 is 0 Å². The molecule has 0 unspecified atom stereocenters. The average molecular weight is 439 g/mol. The fourth-order valence-electron chi connectivity index (χ4n) is 2.97. The Morgan fingerprint density at radius 3 is 2.06 bits per heavy atom. The molecule has 0 radical (unpaired) electrons. The Hall–Kier alpha value is -3.52. The molecular formula is C23H22N2O5S. The molecule has 0 amide bonds. The zero-order chi connectivity index (χ0) is 22.8. The Morgan fingerprint density at radius 2 is 1.52 bits per heavy atom. The number of carbonyl (C=O) groups is 1. The molecular weight excluding hydrogens is 416 g/mol. The number of nitro groups is 1. The standard InChI is InChI=1S/C23H22N2O5S/c1-23(2,3)18-9-7-16(8-10-18)22(26)17-5-4-6-19(15-17)24-31(29,30)21-13-11-20(12-14-21)25(27)28/h4-15,24H,1-3H3. The van der Waals surface area contributed by atoms with E-state index < -0.39 is 14.9 Å². The first-order chi connectivity index (χ1) is 14.5. The third-order valence-corrected chi connectivity index (χ3v) is 6.15. The van der Waals surface area contributed by atoms with E-state index in [1.165, 1.54) is 12.1 Å². The van der Waals surface area contributed by atoms with Crippen LogP contribution in [0.3, 0.4) is 0 Å². The number of rotatable bonds is 6. The maximum atomic E-state index is 12.9. The van der Waals surface area contributed by atoms with Gasteiger partial charge in [0.15, 0.2) is 5.78 Å². The maximum Gasteiger partial charge on any atom is 0.269 e. The second kappa shape index (κ2) is 8.31. The predicted molar refractivity (Wildman–Crippen MR) is 119 cm³/mol. The fraction of sp³-hybridized carbons (Fsp3) is 0.174. The van der Waals surface area contributed by atoms with E-state index in [0.29, 0.717) is 11.1 Å². The molecule has 0 aromatic heterocycles. The van der Waals surface area contributed by atoms with E-state index in [0.717, 1.165) is 29.8 Å². The monoisotopic (exact) mass is 438 g/mol. The van der Waals surface area contributed by atoms with Gasteiger partial charge in [0, 0.05) is 28.9 Å². The zero-order valence-corrected chi connectivity index (χ0v) is 18.1. The van der Waals surface area contributed by atoms with Gasteiger partial charge in [-0.1, -0.05) is 57.2 Å². The van der Waals surface area contributed by atoms with Crippen LogP contribution in [-0.2, 0) is 15.4 Å². The van der Waals surface area contributed by atoms with Crippen molar-refractivity contribution >= 4 is 27.2 Å². The smallest absolute Gasteiger partial charge is 0.269 e. The maximum absolute atomic E-state index is 12.9. The van der Waals surface area contributed by atoms with Crippen molar-refractivity contribution in [1.82, 2.24) is 0 Å². The number of ketones is 1. The van der Waals surface area contributed by atoms with Gasteiger partial charge in [0.1, 0.15) is 0 Å². The average Bonchev–Trinajstić information content (AvgIpc) is 2.72. The SMILES string of the molecule is CC(C)(C)c1ccc(C(=O)c2cccc(NS(=O)(=O)c3ccc([N+](=O)[O-])cc3)c2)cc1. The first-order valence-corrected chi connectivity index (χ1v) is 11.0. The molecule has 8 heteroatoms. The number of anilines is 1. The van der Waals surface area contributed by atoms with Crippen LogP contribution in [0.2, 0.25) is 0 Å². The van der Waals surface area contributed by atoms with Crippen molar-refractivity contribution in [2.75, 3.05) is 4.72 Å². The number of nitrogens with one attached hydrogen (secondary N) is 1. The Morgan fingerprint density at radius 1 is 0.903 bits per heavy atom. The van der Waals surface area contributed by atoms with Gasteiger partial charge >= 0.3 is 0 Å². The van der Waals surface area contributed by atoms with Crippen LogP contribution < -0.4 is 4.72 Å². The summed E-state index contributed by atoms with van der Waals surface area (Å²) in [5.74, 6) is -0.225. The lowest BCUT2D eigenvalue weighted by atomic mass is 9.86. The fourth-order valence-corrected chi connectivity index (χ4v) is 4.02. The Bertz CT molecular complexity index is 1230. The summed E-state index contributed by atoms with van der Waals surface area (Å²) >= 11 is 0. The third kappa shape index (κ3) is 5.16. The van der Waals surface area contributed by atoms with E-state index in [-0.39, 0.29) is 27.5 Å². The van der Waals surface area contributed by atoms with Gasteiger partial charge in [0.2, 0.25) is 0 Å². The normalized spacial score (nSPS) is 11.7. The Kier molecular flexibility index (Phi) is 5.94. The van der Waals surface area contributed by atoms with Gasteiger partial charge in [-0.3, -0.25) is 19.6 Å². The van der Waals surface area contributed by atoms with Gasteiger partial charge in [0.25, 0.3) is 15.7 Å². The minimum absolute atomic E-state index is 0.0301. The number of nitrogens with zero attached hydrogens (tertiary/aromatic N) is 1. The molecule has 0 atom stereocenters. The second-order valence-electron chi connectivity index (χ2n) is 8.09. The molecule has 3 rings (SSSR count). The van der Waals surface area contributed by atoms with E-state index in [9.17, 15) is 23.3 Å². The number of hydrogen-bond donors (Lipinski definition) is 1. The summed E-state index contributed by atoms with van der Waals surface area (Å²) in [6.45, 7) is 6.26. The van der Waals surface area contributed by atoms with E-state index in [1.807, 2.05) is 12.1 Å². The molecule has 160 valence electrons. The summed E-state index contributed by atoms with van der Waals surface area (Å²) in [6.07, 6.45) is 0. The molecule has 0 fully saturated rings. The Balaban J connectivity index is 1.82. The molecule has 0 saturated heterocycles. The molecule has 0 heterocycles. The number of benzene rings is 3. The Labute approximate surface area is 180 Å². The molecule has 0 aliphatic heterocycles. The van der Waals surface area contributed by atoms with E-state index in [2.05, 4.69) is 25.5 Å². The minimum Gasteiger partial charge on any atom is -0.289 e. The van der Waals surface area contributed by atoms with Crippen LogP contribution in [0.25, 0.3) is 0 Å². The topological polar surface area (TPSA) is 106 Å². The minimum atomic E-state index is -3.97. The van der Waals surface area contributed by atoms with Gasteiger partial charge in [-0.25, -0.2) is 8.42 Å². The summed E-state index contributed by atoms with van der Waals surface area (Å²) in [4.78, 5) is 22.9. The van der Waals surface area contributed by atoms with Gasteiger partial charge < -0.3 is 0 Å². The van der Waals surface area contributed by atoms with Crippen molar-refractivity contribution < 1.29 is 18.1 Å². The van der Waals surface area contributed by atoms with Crippen molar-refractivity contribution in [1.29, 1.82) is 0 Å².